The van der Waals surface area contributed by atoms with Crippen molar-refractivity contribution >= 4 is 11.9 Å². The number of ether oxygens (including phenoxy) is 2. The molecular formula is C15H20N2O5. The summed E-state index contributed by atoms with van der Waals surface area (Å²) in [5, 5.41) is 0. The van der Waals surface area contributed by atoms with Gasteiger partial charge in [-0.3, -0.25) is 9.59 Å². The summed E-state index contributed by atoms with van der Waals surface area (Å²) < 4.78 is 11.8. The third-order valence-electron chi connectivity index (χ3n) is 3.61. The Bertz CT molecular complexity index is 650. The van der Waals surface area contributed by atoms with Crippen molar-refractivity contribution in [2.24, 2.45) is 0 Å². The lowest BCUT2D eigenvalue weighted by atomic mass is 10.1. The molecule has 0 bridgehead atoms. The third-order valence-corrected chi connectivity index (χ3v) is 3.61. The van der Waals surface area contributed by atoms with Crippen LogP contribution >= 0.6 is 0 Å². The average Bonchev–Trinajstić information content (AvgIpc) is 2.52. The number of amides is 1. The first-order valence-corrected chi connectivity index (χ1v) is 7.25. The van der Waals surface area contributed by atoms with Crippen LogP contribution < -0.4 is 10.2 Å². The number of methoxy groups -OCH3 is 1. The first kappa shape index (κ1) is 16.1. The van der Waals surface area contributed by atoms with E-state index in [0.717, 1.165) is 12.8 Å². The molecule has 0 aromatic carbocycles. The number of fused-ring (bicyclic) bond motifs is 1. The fourth-order valence-corrected chi connectivity index (χ4v) is 2.28. The van der Waals surface area contributed by atoms with Gasteiger partial charge in [0, 0.05) is 26.3 Å². The number of pyridine rings is 1. The number of carbonyl (C=O) groups is 2. The lowest BCUT2D eigenvalue weighted by Gasteiger charge is -2.28. The van der Waals surface area contributed by atoms with Gasteiger partial charge < -0.3 is 18.9 Å². The van der Waals surface area contributed by atoms with Gasteiger partial charge in [0.25, 0.3) is 5.91 Å². The van der Waals surface area contributed by atoms with Gasteiger partial charge in [-0.2, -0.15) is 0 Å². The van der Waals surface area contributed by atoms with Gasteiger partial charge in [0.1, 0.15) is 5.56 Å². The molecule has 7 nitrogen and oxygen atoms in total. The zero-order valence-corrected chi connectivity index (χ0v) is 13.0. The highest BCUT2D eigenvalue weighted by Gasteiger charge is 2.30. The molecule has 0 N–H and O–H groups in total. The largest absolute Gasteiger partial charge is 0.487 e. The molecule has 22 heavy (non-hydrogen) atoms. The van der Waals surface area contributed by atoms with Crippen LogP contribution in [-0.4, -0.2) is 48.7 Å². The lowest BCUT2D eigenvalue weighted by molar-refractivity contribution is 0.0593. The zero-order valence-electron chi connectivity index (χ0n) is 13.0. The summed E-state index contributed by atoms with van der Waals surface area (Å²) in [6.45, 7) is 3.31. The molecule has 0 fully saturated rings. The fourth-order valence-electron chi connectivity index (χ4n) is 2.28. The predicted octanol–water partition coefficient (Wildman–Crippen LogP) is 0.899. The van der Waals surface area contributed by atoms with Crippen molar-refractivity contribution in [3.8, 4) is 5.75 Å². The maximum atomic E-state index is 12.5. The summed E-state index contributed by atoms with van der Waals surface area (Å²) in [6.07, 6.45) is 3.03. The van der Waals surface area contributed by atoms with Crippen molar-refractivity contribution < 1.29 is 19.1 Å². The predicted molar refractivity (Wildman–Crippen MR) is 79.4 cm³/mol. The van der Waals surface area contributed by atoms with Gasteiger partial charge in [-0.25, -0.2) is 4.79 Å². The minimum Gasteiger partial charge on any atom is -0.487 e. The Kier molecular flexibility index (Phi) is 4.85. The minimum atomic E-state index is -0.730. The summed E-state index contributed by atoms with van der Waals surface area (Å²) in [5.74, 6) is -1.08. The van der Waals surface area contributed by atoms with Crippen LogP contribution in [0.5, 0.6) is 5.75 Å². The van der Waals surface area contributed by atoms with Crippen LogP contribution in [0.15, 0.2) is 11.0 Å². The number of carbonyl (C=O) groups excluding carboxylic acids is 2. The molecule has 2 heterocycles. The molecule has 0 unspecified atom stereocenters. The molecule has 1 aromatic rings. The molecule has 0 spiro atoms. The molecule has 1 aromatic heterocycles. The Morgan fingerprint density at radius 2 is 2.05 bits per heavy atom. The van der Waals surface area contributed by atoms with Gasteiger partial charge in [0.2, 0.25) is 5.43 Å². The van der Waals surface area contributed by atoms with Crippen molar-refractivity contribution in [3.05, 3.63) is 27.7 Å². The number of nitrogens with zero attached hydrogens (tertiary/aromatic N) is 2. The molecule has 0 saturated carbocycles. The number of likely N-dealkylation sites (N-methyl/N-ethyl adjacent to an activating group) is 1. The second kappa shape index (κ2) is 6.64. The van der Waals surface area contributed by atoms with Crippen molar-refractivity contribution in [2.45, 2.75) is 26.3 Å². The van der Waals surface area contributed by atoms with E-state index in [-0.39, 0.29) is 22.9 Å². The Balaban J connectivity index is 2.57. The number of hydrogen-bond acceptors (Lipinski definition) is 5. The standard InChI is InChI=1S/C15H20N2O5/c1-4-5-8-22-13-11-14(19)16(2)6-7-17(11)9-10(12(13)18)15(20)21-3/h9H,4-8H2,1-3H3. The van der Waals surface area contributed by atoms with Gasteiger partial charge in [-0.05, 0) is 6.42 Å². The molecule has 7 heteroatoms. The molecule has 1 aliphatic heterocycles. The Labute approximate surface area is 128 Å². The quantitative estimate of drug-likeness (QED) is 0.596. The highest BCUT2D eigenvalue weighted by atomic mass is 16.5. The molecule has 1 aliphatic rings. The summed E-state index contributed by atoms with van der Waals surface area (Å²) in [7, 11) is 2.88. The molecule has 0 aliphatic carbocycles. The number of esters is 1. The molecule has 0 radical (unpaired) electrons. The highest BCUT2D eigenvalue weighted by Crippen LogP contribution is 2.21. The van der Waals surface area contributed by atoms with Gasteiger partial charge in [0.15, 0.2) is 11.4 Å². The summed E-state index contributed by atoms with van der Waals surface area (Å²) >= 11 is 0. The number of aromatic nitrogens is 1. The van der Waals surface area contributed by atoms with Crippen molar-refractivity contribution in [1.29, 1.82) is 0 Å². The van der Waals surface area contributed by atoms with Gasteiger partial charge >= 0.3 is 5.97 Å². The molecule has 120 valence electrons. The maximum Gasteiger partial charge on any atom is 0.343 e. The second-order valence-corrected chi connectivity index (χ2v) is 5.16. The minimum absolute atomic E-state index is 0.0621. The van der Waals surface area contributed by atoms with E-state index in [1.165, 1.54) is 18.2 Å². The second-order valence-electron chi connectivity index (χ2n) is 5.16. The van der Waals surface area contributed by atoms with Crippen LogP contribution in [-0.2, 0) is 11.3 Å². The van der Waals surface area contributed by atoms with Crippen LogP contribution in [0.25, 0.3) is 0 Å². The highest BCUT2D eigenvalue weighted by molar-refractivity contribution is 5.97. The van der Waals surface area contributed by atoms with Crippen molar-refractivity contribution in [2.75, 3.05) is 27.3 Å². The topological polar surface area (TPSA) is 77.8 Å². The van der Waals surface area contributed by atoms with E-state index in [1.54, 1.807) is 11.6 Å². The van der Waals surface area contributed by atoms with E-state index in [9.17, 15) is 14.4 Å². The van der Waals surface area contributed by atoms with E-state index < -0.39 is 11.4 Å². The number of unbranched alkanes of at least 4 members (excludes halogenated alkanes) is 1. The molecular weight excluding hydrogens is 288 g/mol. The van der Waals surface area contributed by atoms with Crippen LogP contribution in [0.4, 0.5) is 0 Å². The van der Waals surface area contributed by atoms with Crippen molar-refractivity contribution in [3.63, 3.8) is 0 Å². The van der Waals surface area contributed by atoms with Crippen LogP contribution in [0.3, 0.4) is 0 Å². The molecule has 0 atom stereocenters. The SMILES string of the molecule is CCCCOc1c2n(cc(C(=O)OC)c1=O)CCN(C)C2=O. The van der Waals surface area contributed by atoms with E-state index in [2.05, 4.69) is 4.74 Å². The van der Waals surface area contributed by atoms with Crippen LogP contribution in [0.1, 0.15) is 40.6 Å². The zero-order chi connectivity index (χ0) is 16.3. The Hall–Kier alpha value is -2.31. The normalized spacial score (nSPS) is 13.8. The Morgan fingerprint density at radius 1 is 1.32 bits per heavy atom. The molecule has 1 amide bonds. The average molecular weight is 308 g/mol. The first-order chi connectivity index (χ1) is 10.5. The van der Waals surface area contributed by atoms with Crippen LogP contribution in [0, 0.1) is 0 Å². The van der Waals surface area contributed by atoms with E-state index in [0.29, 0.717) is 19.7 Å². The van der Waals surface area contributed by atoms with Crippen LogP contribution in [0.2, 0.25) is 0 Å². The fraction of sp³-hybridized carbons (Fsp3) is 0.533. The van der Waals surface area contributed by atoms with E-state index in [1.807, 2.05) is 6.92 Å². The van der Waals surface area contributed by atoms with Gasteiger partial charge in [-0.1, -0.05) is 13.3 Å². The summed E-state index contributed by atoms with van der Waals surface area (Å²) in [4.78, 5) is 38.1. The molecule has 2 rings (SSSR count). The lowest BCUT2D eigenvalue weighted by Crippen LogP contribution is -2.40. The number of rotatable bonds is 5. The van der Waals surface area contributed by atoms with E-state index in [4.69, 9.17) is 4.74 Å². The maximum absolute atomic E-state index is 12.5. The van der Waals surface area contributed by atoms with Gasteiger partial charge in [-0.15, -0.1) is 0 Å². The summed E-state index contributed by atoms with van der Waals surface area (Å²) in [6, 6.07) is 0. The Morgan fingerprint density at radius 3 is 2.68 bits per heavy atom. The number of hydrogen-bond donors (Lipinski definition) is 0. The summed E-state index contributed by atoms with van der Waals surface area (Å²) in [5.41, 5.74) is -0.518. The van der Waals surface area contributed by atoms with Crippen molar-refractivity contribution in [1.82, 2.24) is 9.47 Å². The molecule has 0 saturated heterocycles. The smallest absolute Gasteiger partial charge is 0.343 e. The third kappa shape index (κ3) is 2.84. The first-order valence-electron chi connectivity index (χ1n) is 7.25. The van der Waals surface area contributed by atoms with E-state index >= 15 is 0 Å². The monoisotopic (exact) mass is 308 g/mol. The van der Waals surface area contributed by atoms with Gasteiger partial charge in [0.05, 0.1) is 13.7 Å².